The van der Waals surface area contributed by atoms with Gasteiger partial charge in [0.1, 0.15) is 29.0 Å². The second kappa shape index (κ2) is 19.4. The number of carbonyl (C=O) groups is 3. The number of nitrogens with zero attached hydrogens (tertiary/aromatic N) is 3. The number of aliphatic hydroxyl groups excluding tert-OH is 2. The van der Waals surface area contributed by atoms with Crippen molar-refractivity contribution in [3.63, 3.8) is 0 Å². The topological polar surface area (TPSA) is 229 Å². The highest BCUT2D eigenvalue weighted by atomic mass is 16.7. The molecule has 5 bridgehead atoms. The zero-order valence-electron chi connectivity index (χ0n) is 37.4. The summed E-state index contributed by atoms with van der Waals surface area (Å²) in [5.74, 6) is -8.40. The van der Waals surface area contributed by atoms with E-state index in [1.165, 1.54) is 46.3 Å². The maximum Gasteiger partial charge on any atom is 0.312 e. The lowest BCUT2D eigenvalue weighted by molar-refractivity contribution is -0.160. The predicted octanol–water partition coefficient (Wildman–Crippen LogP) is 4.05. The summed E-state index contributed by atoms with van der Waals surface area (Å²) < 4.78 is 35.2. The number of amides is 1. The van der Waals surface area contributed by atoms with Crippen LogP contribution in [0.15, 0.2) is 36.1 Å². The highest BCUT2D eigenvalue weighted by molar-refractivity contribution is 6.23. The normalized spacial score (nSPS) is 32.3. The number of nitrogens with one attached hydrogen (secondary N) is 1. The van der Waals surface area contributed by atoms with Crippen molar-refractivity contribution in [2.75, 3.05) is 70.2 Å². The Morgan fingerprint density at radius 2 is 1.46 bits per heavy atom. The molecule has 18 heteroatoms. The molecular weight excluding hydrogens is 821 g/mol. The van der Waals surface area contributed by atoms with Crippen molar-refractivity contribution in [1.29, 1.82) is 0 Å². The van der Waals surface area contributed by atoms with Crippen molar-refractivity contribution in [2.45, 2.75) is 85.6 Å². The molecule has 0 saturated carbocycles. The van der Waals surface area contributed by atoms with E-state index in [2.05, 4.69) is 5.32 Å². The summed E-state index contributed by atoms with van der Waals surface area (Å²) >= 11 is 0. The number of Topliss-reactive ketones (excluding diaryl/α,β-unsaturated/α-hetero) is 1. The molecule has 1 amide bonds. The lowest BCUT2D eigenvalue weighted by Crippen LogP contribution is -2.60. The molecule has 0 aliphatic carbocycles. The molecular formula is C45H62N4O14. The van der Waals surface area contributed by atoms with Gasteiger partial charge in [-0.25, -0.2) is 15.1 Å². The molecule has 63 heavy (non-hydrogen) atoms. The Balaban J connectivity index is 1.58. The molecule has 0 aromatic heterocycles. The number of fused-ring (bicyclic) bond motifs is 14. The van der Waals surface area contributed by atoms with Crippen LogP contribution < -0.4 is 15.2 Å². The van der Waals surface area contributed by atoms with Gasteiger partial charge in [-0.3, -0.25) is 14.4 Å². The standard InChI is InChI=1S/C45H62N4O14/c1-23-11-10-12-24(2)44(57)46-34-35(49(47-14-19-59-20-15-47)48-16-21-60-22-17-48)40(55)31-32(39(34)54)38(53)28(6)42-33(31)43(56)45(8,63-42)61-18-13-30(58-9)25(3)41(62-29(7)50)27(5)37(52)26(4)36(23)51/h10-13,18,23,25-27,30,36-37,41,51-55H,14-17,19-22H2,1-9H3,(H,46,57)/b11-10+,18-13+,24-12+/t23-,25+,26+,27+,30-,36-,37+,41+,45-/m0/s1. The van der Waals surface area contributed by atoms with Crippen molar-refractivity contribution >= 4 is 39.8 Å². The third-order valence-electron chi connectivity index (χ3n) is 12.7. The Hall–Kier alpha value is -4.95. The van der Waals surface area contributed by atoms with E-state index in [1.807, 2.05) is 10.0 Å². The zero-order valence-corrected chi connectivity index (χ0v) is 37.4. The summed E-state index contributed by atoms with van der Waals surface area (Å²) in [6, 6.07) is 0. The van der Waals surface area contributed by atoms with Gasteiger partial charge < -0.3 is 59.3 Å². The quantitative estimate of drug-likeness (QED) is 0.141. The minimum Gasteiger partial charge on any atom is -0.507 e. The van der Waals surface area contributed by atoms with Crippen LogP contribution in [0, 0.1) is 30.6 Å². The van der Waals surface area contributed by atoms with E-state index in [4.69, 9.17) is 28.4 Å². The fourth-order valence-electron chi connectivity index (χ4n) is 8.85. The van der Waals surface area contributed by atoms with E-state index in [0.717, 1.165) is 0 Å². The SMILES string of the molecule is CO[C@H]1/C=C/O[C@@]2(C)Oc3c(C)c(O)c4c(O)c(c(N(N5CCOCC5)N5CCOCC5)c(O)c4c3C2=O)NC(=O)/C(C)=C/C=C/[C@H](C)[C@H](O)[C@@H](C)[C@@H](O)[C@@H](C)[C@H](OC(C)=O)[C@@H]1C. The molecule has 2 aromatic rings. The van der Waals surface area contributed by atoms with Gasteiger partial charge in [-0.15, -0.1) is 0 Å². The van der Waals surface area contributed by atoms with E-state index < -0.39 is 88.8 Å². The number of carbonyl (C=O) groups excluding carboxylic acids is 3. The maximum absolute atomic E-state index is 14.7. The Labute approximate surface area is 367 Å². The molecule has 5 aliphatic heterocycles. The number of hydrogen-bond acceptors (Lipinski definition) is 17. The van der Waals surface area contributed by atoms with Crippen LogP contribution in [0.1, 0.15) is 64.4 Å². The number of phenolic OH excluding ortho intramolecular Hbond substituents is 3. The molecule has 5 aliphatic rings. The number of morpholine rings is 2. The van der Waals surface area contributed by atoms with Crippen LogP contribution in [0.5, 0.6) is 23.0 Å². The van der Waals surface area contributed by atoms with Gasteiger partial charge in [0.05, 0.1) is 62.0 Å². The van der Waals surface area contributed by atoms with Crippen LogP contribution >= 0.6 is 0 Å². The summed E-state index contributed by atoms with van der Waals surface area (Å²) in [7, 11) is 1.44. The summed E-state index contributed by atoms with van der Waals surface area (Å²) in [6.07, 6.45) is 3.59. The van der Waals surface area contributed by atoms with Gasteiger partial charge in [0, 0.05) is 87.3 Å². The van der Waals surface area contributed by atoms with Gasteiger partial charge in [-0.2, -0.15) is 0 Å². The number of rotatable bonds is 5. The molecule has 7 rings (SSSR count). The van der Waals surface area contributed by atoms with E-state index in [1.54, 1.807) is 51.9 Å². The lowest BCUT2D eigenvalue weighted by Gasteiger charge is -2.47. The number of allylic oxidation sites excluding steroid dienone is 2. The molecule has 0 unspecified atom stereocenters. The fraction of sp³-hybridized carbons (Fsp3) is 0.578. The Morgan fingerprint density at radius 1 is 0.857 bits per heavy atom. The molecule has 0 spiro atoms. The number of aliphatic hydroxyl groups is 2. The minimum atomic E-state index is -2.07. The third kappa shape index (κ3) is 9.20. The maximum atomic E-state index is 14.7. The number of anilines is 2. The second-order valence-electron chi connectivity index (χ2n) is 17.0. The number of benzene rings is 2. The van der Waals surface area contributed by atoms with E-state index in [0.29, 0.717) is 52.6 Å². The number of methoxy groups -OCH3 is 1. The summed E-state index contributed by atoms with van der Waals surface area (Å²) in [5.41, 5.74) is -0.284. The highest BCUT2D eigenvalue weighted by Gasteiger charge is 2.50. The molecule has 2 fully saturated rings. The lowest BCUT2D eigenvalue weighted by atomic mass is 9.78. The Kier molecular flexibility index (Phi) is 14.7. The second-order valence-corrected chi connectivity index (χ2v) is 17.0. The van der Waals surface area contributed by atoms with Crippen LogP contribution in [0.2, 0.25) is 0 Å². The van der Waals surface area contributed by atoms with Crippen LogP contribution in [-0.4, -0.2) is 143 Å². The Morgan fingerprint density at radius 3 is 2.03 bits per heavy atom. The molecule has 5 heterocycles. The predicted molar refractivity (Wildman–Crippen MR) is 231 cm³/mol. The van der Waals surface area contributed by atoms with Crippen LogP contribution in [-0.2, 0) is 33.3 Å². The molecule has 6 N–H and O–H groups in total. The average molecular weight is 883 g/mol. The van der Waals surface area contributed by atoms with Crippen molar-refractivity contribution in [3.05, 3.63) is 47.3 Å². The smallest absolute Gasteiger partial charge is 0.312 e. The van der Waals surface area contributed by atoms with Gasteiger partial charge in [0.15, 0.2) is 11.5 Å². The first-order valence-electron chi connectivity index (χ1n) is 21.4. The highest BCUT2D eigenvalue weighted by Crippen LogP contribution is 2.58. The van der Waals surface area contributed by atoms with Crippen molar-refractivity contribution in [1.82, 2.24) is 10.0 Å². The third-order valence-corrected chi connectivity index (χ3v) is 12.7. The number of aromatic hydroxyl groups is 3. The van der Waals surface area contributed by atoms with Crippen LogP contribution in [0.25, 0.3) is 10.8 Å². The number of ketones is 1. The van der Waals surface area contributed by atoms with Crippen molar-refractivity contribution < 1.29 is 68.3 Å². The van der Waals surface area contributed by atoms with E-state index >= 15 is 0 Å². The van der Waals surface area contributed by atoms with Gasteiger partial charge in [-0.05, 0) is 19.9 Å². The molecule has 18 nitrogen and oxygen atoms in total. The number of esters is 1. The fourth-order valence-corrected chi connectivity index (χ4v) is 8.85. The molecule has 2 aromatic carbocycles. The first-order valence-corrected chi connectivity index (χ1v) is 21.4. The number of hydrogen-bond donors (Lipinski definition) is 6. The summed E-state index contributed by atoms with van der Waals surface area (Å²) in [4.78, 5) is 41.3. The van der Waals surface area contributed by atoms with Crippen molar-refractivity contribution in [2.24, 2.45) is 23.7 Å². The first kappa shape index (κ1) is 47.5. The summed E-state index contributed by atoms with van der Waals surface area (Å²) in [6.45, 7) is 15.3. The summed E-state index contributed by atoms with van der Waals surface area (Å²) in [5, 5.41) is 67.6. The zero-order chi connectivity index (χ0) is 46.1. The number of ether oxygens (including phenoxy) is 6. The van der Waals surface area contributed by atoms with Gasteiger partial charge >= 0.3 is 11.8 Å². The van der Waals surface area contributed by atoms with E-state index in [-0.39, 0.29) is 44.6 Å². The Bertz CT molecular complexity index is 2130. The van der Waals surface area contributed by atoms with Crippen molar-refractivity contribution in [3.8, 4) is 23.0 Å². The molecule has 2 saturated heterocycles. The first-order chi connectivity index (χ1) is 29.8. The molecule has 0 radical (unpaired) electrons. The number of hydrazine groups is 2. The van der Waals surface area contributed by atoms with Gasteiger partial charge in [0.25, 0.3) is 11.7 Å². The van der Waals surface area contributed by atoms with Gasteiger partial charge in [0.2, 0.25) is 0 Å². The van der Waals surface area contributed by atoms with E-state index in [9.17, 15) is 39.9 Å². The average Bonchev–Trinajstić information content (AvgIpc) is 3.53. The monoisotopic (exact) mass is 882 g/mol. The number of phenols is 3. The minimum absolute atomic E-state index is 0.0533. The largest absolute Gasteiger partial charge is 0.507 e. The van der Waals surface area contributed by atoms with Crippen LogP contribution in [0.4, 0.5) is 11.4 Å². The van der Waals surface area contributed by atoms with Crippen LogP contribution in [0.3, 0.4) is 0 Å². The molecule has 9 atom stereocenters. The molecule has 346 valence electrons. The van der Waals surface area contributed by atoms with Gasteiger partial charge in [-0.1, -0.05) is 45.9 Å².